The summed E-state index contributed by atoms with van der Waals surface area (Å²) in [5, 5.41) is 22.0. The molecule has 2 atom stereocenters. The zero-order valence-corrected chi connectivity index (χ0v) is 12.9. The molecule has 0 radical (unpaired) electrons. The lowest BCUT2D eigenvalue weighted by Gasteiger charge is -2.13. The number of nitrogens with zero attached hydrogens (tertiary/aromatic N) is 2. The highest BCUT2D eigenvalue weighted by Gasteiger charge is 2.43. The number of ether oxygens (including phenoxy) is 1. The van der Waals surface area contributed by atoms with Crippen LogP contribution in [0.5, 0.6) is 0 Å². The molecule has 0 bridgehead atoms. The predicted octanol–water partition coefficient (Wildman–Crippen LogP) is 2.40. The second-order valence-electron chi connectivity index (χ2n) is 5.51. The summed E-state index contributed by atoms with van der Waals surface area (Å²) in [6.45, 7) is 3.09. The molecule has 0 aromatic heterocycles. The number of carbonyl (C=O) groups excluding carboxylic acids is 2. The van der Waals surface area contributed by atoms with Crippen molar-refractivity contribution in [1.29, 1.82) is 0 Å². The van der Waals surface area contributed by atoms with Crippen molar-refractivity contribution < 1.29 is 24.2 Å². The Morgan fingerprint density at radius 1 is 1.21 bits per heavy atom. The zero-order valence-electron chi connectivity index (χ0n) is 12.9. The first-order valence-corrected chi connectivity index (χ1v) is 7.08. The Kier molecular flexibility index (Phi) is 4.72. The summed E-state index contributed by atoms with van der Waals surface area (Å²) in [6, 6.07) is 3.99. The minimum atomic E-state index is -1.19. The molecule has 0 saturated heterocycles. The SMILES string of the molecule is Cc1cccc([N+](=O)[O-])c1C(=O)OC(=O)C1C([N+](=O)[O-])=CCC1C. The smallest absolute Gasteiger partial charge is 0.353 e. The fourth-order valence-electron chi connectivity index (χ4n) is 2.68. The van der Waals surface area contributed by atoms with Crippen LogP contribution < -0.4 is 0 Å². The number of hydrogen-bond donors (Lipinski definition) is 0. The van der Waals surface area contributed by atoms with Crippen molar-refractivity contribution in [2.75, 3.05) is 0 Å². The maximum atomic E-state index is 12.2. The van der Waals surface area contributed by atoms with Gasteiger partial charge < -0.3 is 4.74 Å². The van der Waals surface area contributed by atoms with Crippen LogP contribution in [0.25, 0.3) is 0 Å². The largest absolute Gasteiger partial charge is 0.389 e. The molecule has 1 aromatic carbocycles. The number of esters is 2. The molecule has 0 heterocycles. The number of nitro groups is 2. The van der Waals surface area contributed by atoms with Gasteiger partial charge in [-0.2, -0.15) is 0 Å². The van der Waals surface area contributed by atoms with E-state index in [2.05, 4.69) is 0 Å². The summed E-state index contributed by atoms with van der Waals surface area (Å²) in [4.78, 5) is 45.0. The first-order valence-electron chi connectivity index (χ1n) is 7.08. The van der Waals surface area contributed by atoms with Crippen LogP contribution in [-0.4, -0.2) is 21.8 Å². The van der Waals surface area contributed by atoms with Gasteiger partial charge in [0.05, 0.1) is 9.85 Å². The molecule has 9 nitrogen and oxygen atoms in total. The topological polar surface area (TPSA) is 130 Å². The number of rotatable bonds is 4. The second kappa shape index (κ2) is 6.57. The van der Waals surface area contributed by atoms with Gasteiger partial charge in [-0.25, -0.2) is 4.79 Å². The van der Waals surface area contributed by atoms with Crippen LogP contribution in [-0.2, 0) is 9.53 Å². The van der Waals surface area contributed by atoms with Gasteiger partial charge in [-0.1, -0.05) is 19.1 Å². The van der Waals surface area contributed by atoms with Gasteiger partial charge in [-0.3, -0.25) is 25.0 Å². The molecular weight excluding hydrogens is 320 g/mol. The van der Waals surface area contributed by atoms with E-state index in [1.54, 1.807) is 6.92 Å². The van der Waals surface area contributed by atoms with E-state index >= 15 is 0 Å². The summed E-state index contributed by atoms with van der Waals surface area (Å²) in [7, 11) is 0. The summed E-state index contributed by atoms with van der Waals surface area (Å²) < 4.78 is 4.72. The fraction of sp³-hybridized carbons (Fsp3) is 0.333. The lowest BCUT2D eigenvalue weighted by molar-refractivity contribution is -0.432. The third-order valence-electron chi connectivity index (χ3n) is 3.90. The van der Waals surface area contributed by atoms with Crippen molar-refractivity contribution in [2.24, 2.45) is 11.8 Å². The van der Waals surface area contributed by atoms with Gasteiger partial charge in [-0.05, 0) is 30.9 Å². The Morgan fingerprint density at radius 3 is 2.46 bits per heavy atom. The van der Waals surface area contributed by atoms with Crippen LogP contribution in [0, 0.1) is 39.0 Å². The van der Waals surface area contributed by atoms with Crippen molar-refractivity contribution in [2.45, 2.75) is 20.3 Å². The molecule has 9 heteroatoms. The summed E-state index contributed by atoms with van der Waals surface area (Å²) in [5.74, 6) is -3.83. The summed E-state index contributed by atoms with van der Waals surface area (Å²) >= 11 is 0. The van der Waals surface area contributed by atoms with E-state index in [1.807, 2.05) is 0 Å². The Hall–Kier alpha value is -3.10. The highest BCUT2D eigenvalue weighted by Crippen LogP contribution is 2.33. The highest BCUT2D eigenvalue weighted by molar-refractivity contribution is 6.01. The van der Waals surface area contributed by atoms with E-state index in [0.717, 1.165) is 6.07 Å². The molecule has 24 heavy (non-hydrogen) atoms. The fourth-order valence-corrected chi connectivity index (χ4v) is 2.68. The molecule has 2 unspecified atom stereocenters. The third kappa shape index (κ3) is 3.14. The van der Waals surface area contributed by atoms with Crippen LogP contribution in [0.3, 0.4) is 0 Å². The molecule has 0 saturated carbocycles. The van der Waals surface area contributed by atoms with Crippen molar-refractivity contribution >= 4 is 17.6 Å². The number of allylic oxidation sites excluding steroid dienone is 1. The quantitative estimate of drug-likeness (QED) is 0.357. The molecule has 126 valence electrons. The molecule has 1 aromatic rings. The number of aryl methyl sites for hydroxylation is 1. The number of nitro benzene ring substituents is 1. The summed E-state index contributed by atoms with van der Waals surface area (Å²) in [5.41, 5.74) is -0.878. The maximum Gasteiger partial charge on any atom is 0.353 e. The molecule has 0 aliphatic heterocycles. The van der Waals surface area contributed by atoms with Gasteiger partial charge in [0.25, 0.3) is 11.4 Å². The average Bonchev–Trinajstić information content (AvgIpc) is 2.88. The molecule has 2 rings (SSSR count). The van der Waals surface area contributed by atoms with Crippen molar-refractivity contribution in [3.05, 3.63) is 61.3 Å². The lowest BCUT2D eigenvalue weighted by Crippen LogP contribution is -2.28. The Bertz CT molecular complexity index is 769. The Morgan fingerprint density at radius 2 is 1.88 bits per heavy atom. The van der Waals surface area contributed by atoms with Crippen molar-refractivity contribution in [3.8, 4) is 0 Å². The monoisotopic (exact) mass is 334 g/mol. The van der Waals surface area contributed by atoms with Crippen LogP contribution in [0.4, 0.5) is 5.69 Å². The maximum absolute atomic E-state index is 12.2. The van der Waals surface area contributed by atoms with Crippen LogP contribution in [0.15, 0.2) is 30.0 Å². The van der Waals surface area contributed by atoms with E-state index in [-0.39, 0.29) is 16.8 Å². The number of benzene rings is 1. The van der Waals surface area contributed by atoms with E-state index in [4.69, 9.17) is 4.74 Å². The minimum absolute atomic E-state index is 0.270. The Balaban J connectivity index is 2.28. The predicted molar refractivity (Wildman–Crippen MR) is 80.6 cm³/mol. The molecule has 0 amide bonds. The second-order valence-corrected chi connectivity index (χ2v) is 5.51. The first kappa shape index (κ1) is 17.3. The van der Waals surface area contributed by atoms with Gasteiger partial charge in [-0.15, -0.1) is 0 Å². The molecule has 0 N–H and O–H groups in total. The third-order valence-corrected chi connectivity index (χ3v) is 3.90. The normalized spacial score (nSPS) is 19.5. The van der Waals surface area contributed by atoms with Crippen molar-refractivity contribution in [3.63, 3.8) is 0 Å². The minimum Gasteiger partial charge on any atom is -0.389 e. The van der Waals surface area contributed by atoms with Crippen LogP contribution in [0.1, 0.15) is 29.3 Å². The van der Waals surface area contributed by atoms with Gasteiger partial charge in [0.15, 0.2) is 5.92 Å². The van der Waals surface area contributed by atoms with Crippen LogP contribution in [0.2, 0.25) is 0 Å². The molecule has 0 spiro atoms. The highest BCUT2D eigenvalue weighted by atomic mass is 16.6. The number of hydrogen-bond acceptors (Lipinski definition) is 7. The van der Waals surface area contributed by atoms with Gasteiger partial charge >= 0.3 is 11.9 Å². The number of carbonyl (C=O) groups is 2. The molecule has 1 aliphatic carbocycles. The zero-order chi connectivity index (χ0) is 18.0. The summed E-state index contributed by atoms with van der Waals surface area (Å²) in [6.07, 6.45) is 1.63. The lowest BCUT2D eigenvalue weighted by atomic mass is 9.96. The average molecular weight is 334 g/mol. The first-order chi connectivity index (χ1) is 11.2. The van der Waals surface area contributed by atoms with E-state index in [0.29, 0.717) is 6.42 Å². The van der Waals surface area contributed by atoms with E-state index < -0.39 is 39.3 Å². The van der Waals surface area contributed by atoms with Gasteiger partial charge in [0.1, 0.15) is 5.56 Å². The Labute approximate surface area is 136 Å². The van der Waals surface area contributed by atoms with Gasteiger partial charge in [0.2, 0.25) is 0 Å². The molecule has 1 aliphatic rings. The standard InChI is InChI=1S/C15H14N2O7/c1-8-4-3-5-10(16(20)21)12(8)14(18)24-15(19)13-9(2)6-7-11(13)17(22)23/h3-5,7,9,13H,6H2,1-2H3. The van der Waals surface area contributed by atoms with Crippen LogP contribution >= 0.6 is 0 Å². The molecule has 0 fully saturated rings. The van der Waals surface area contributed by atoms with Crippen molar-refractivity contribution in [1.82, 2.24) is 0 Å². The van der Waals surface area contributed by atoms with Gasteiger partial charge in [0, 0.05) is 6.07 Å². The van der Waals surface area contributed by atoms with E-state index in [9.17, 15) is 29.8 Å². The van der Waals surface area contributed by atoms with E-state index in [1.165, 1.54) is 25.1 Å². The molecular formula is C15H14N2O7.